The maximum atomic E-state index is 13.7. The molecule has 1 saturated heterocycles. The van der Waals surface area contributed by atoms with Crippen molar-refractivity contribution in [2.24, 2.45) is 22.7 Å². The maximum Gasteiger partial charge on any atom is 0.246 e. The lowest BCUT2D eigenvalue weighted by Crippen LogP contribution is -2.54. The van der Waals surface area contributed by atoms with Gasteiger partial charge in [0.25, 0.3) is 0 Å². The molecule has 216 valence electrons. The highest BCUT2D eigenvalue weighted by Gasteiger charge is 2.44. The number of piperidine rings is 1. The lowest BCUT2D eigenvalue weighted by Gasteiger charge is -2.43. The van der Waals surface area contributed by atoms with E-state index in [1.807, 2.05) is 53.6 Å². The lowest BCUT2D eigenvalue weighted by atomic mass is 9.73. The minimum absolute atomic E-state index is 0.0411. The Morgan fingerprint density at radius 2 is 1.76 bits per heavy atom. The van der Waals surface area contributed by atoms with Gasteiger partial charge in [0.05, 0.1) is 32.0 Å². The molecule has 6 rings (SSSR count). The van der Waals surface area contributed by atoms with Crippen molar-refractivity contribution in [2.45, 2.75) is 57.0 Å². The number of nitrogens with two attached hydrogens (primary N) is 1. The first-order chi connectivity index (χ1) is 20.0. The number of carbonyl (C=O) groups is 2. The number of hydrogen-bond donors (Lipinski definition) is 2. The fraction of sp³-hybridized carbons (Fsp3) is 0.469. The van der Waals surface area contributed by atoms with Crippen LogP contribution >= 0.6 is 0 Å². The van der Waals surface area contributed by atoms with Crippen molar-refractivity contribution >= 4 is 28.4 Å². The number of nitrogens with zero attached hydrogens (tertiary/aromatic N) is 3. The zero-order valence-corrected chi connectivity index (χ0v) is 23.8. The van der Waals surface area contributed by atoms with E-state index in [4.69, 9.17) is 20.3 Å². The summed E-state index contributed by atoms with van der Waals surface area (Å²) >= 11 is 0. The number of H-pyrrole nitrogens is 1. The average Bonchev–Trinajstić information content (AvgIpc) is 3.43. The van der Waals surface area contributed by atoms with Crippen LogP contribution in [0.4, 0.5) is 0 Å². The Hall–Kier alpha value is -3.85. The van der Waals surface area contributed by atoms with Crippen LogP contribution in [-0.4, -0.2) is 71.8 Å². The number of benzene rings is 2. The molecular formula is C32H39N5O4. The number of carbonyl (C=O) groups excluding carboxylic acids is 2. The summed E-state index contributed by atoms with van der Waals surface area (Å²) in [5.41, 5.74) is 10.4. The van der Waals surface area contributed by atoms with Gasteiger partial charge in [-0.3, -0.25) is 9.59 Å². The van der Waals surface area contributed by atoms with E-state index < -0.39 is 6.04 Å². The van der Waals surface area contributed by atoms with Crippen LogP contribution in [0.25, 0.3) is 10.9 Å². The Balaban J connectivity index is 1.17. The lowest BCUT2D eigenvalue weighted by molar-refractivity contribution is -0.143. The zero-order valence-electron chi connectivity index (χ0n) is 23.8. The topological polar surface area (TPSA) is 113 Å². The van der Waals surface area contributed by atoms with Gasteiger partial charge in [0.15, 0.2) is 11.5 Å². The van der Waals surface area contributed by atoms with Crippen molar-refractivity contribution in [2.75, 3.05) is 27.3 Å². The smallest absolute Gasteiger partial charge is 0.246 e. The maximum absolute atomic E-state index is 13.7. The van der Waals surface area contributed by atoms with Gasteiger partial charge < -0.3 is 25.1 Å². The largest absolute Gasteiger partial charge is 0.493 e. The average molecular weight is 558 g/mol. The minimum atomic E-state index is -0.611. The summed E-state index contributed by atoms with van der Waals surface area (Å²) in [6.07, 6.45) is 7.77. The fourth-order valence-corrected chi connectivity index (χ4v) is 6.88. The minimum Gasteiger partial charge on any atom is -0.493 e. The van der Waals surface area contributed by atoms with Gasteiger partial charge in [-0.15, -0.1) is 0 Å². The number of aromatic amines is 1. The number of para-hydroxylation sites is 1. The Kier molecular flexibility index (Phi) is 7.71. The first kappa shape index (κ1) is 27.3. The SMILES string of the molecule is COc1ccc(C2=NN(C3CCN(C(=O)[C@H](N)Cc4c[nH]c5ccccc45)CC3)C(=O)[C@H]3CCCC[C@@H]23)cc1OC. The summed E-state index contributed by atoms with van der Waals surface area (Å²) in [6, 6.07) is 13.3. The second-order valence-corrected chi connectivity index (χ2v) is 11.5. The number of aromatic nitrogens is 1. The van der Waals surface area contributed by atoms with Gasteiger partial charge in [0, 0.05) is 47.6 Å². The summed E-state index contributed by atoms with van der Waals surface area (Å²) < 4.78 is 11.0. The van der Waals surface area contributed by atoms with Crippen LogP contribution in [-0.2, 0) is 16.0 Å². The number of hydrogen-bond acceptors (Lipinski definition) is 6. The highest BCUT2D eigenvalue weighted by Crippen LogP contribution is 2.40. The third kappa shape index (κ3) is 5.19. The third-order valence-electron chi connectivity index (χ3n) is 9.11. The van der Waals surface area contributed by atoms with E-state index in [0.29, 0.717) is 43.9 Å². The molecule has 0 spiro atoms. The normalized spacial score (nSPS) is 22.3. The van der Waals surface area contributed by atoms with Crippen molar-refractivity contribution in [3.8, 4) is 11.5 Å². The van der Waals surface area contributed by atoms with Gasteiger partial charge >= 0.3 is 0 Å². The molecule has 0 bridgehead atoms. The molecule has 41 heavy (non-hydrogen) atoms. The van der Waals surface area contributed by atoms with E-state index in [1.54, 1.807) is 19.2 Å². The van der Waals surface area contributed by atoms with Crippen LogP contribution in [0.3, 0.4) is 0 Å². The van der Waals surface area contributed by atoms with E-state index >= 15 is 0 Å². The van der Waals surface area contributed by atoms with Crippen LogP contribution in [0.5, 0.6) is 11.5 Å². The number of fused-ring (bicyclic) bond motifs is 2. The number of nitrogens with one attached hydrogen (secondary N) is 1. The Morgan fingerprint density at radius 1 is 1.02 bits per heavy atom. The molecule has 1 aromatic heterocycles. The van der Waals surface area contributed by atoms with E-state index in [1.165, 1.54) is 0 Å². The van der Waals surface area contributed by atoms with Crippen LogP contribution < -0.4 is 15.2 Å². The van der Waals surface area contributed by atoms with E-state index in [9.17, 15) is 9.59 Å². The van der Waals surface area contributed by atoms with Crippen molar-refractivity contribution in [1.29, 1.82) is 0 Å². The first-order valence-corrected chi connectivity index (χ1v) is 14.7. The number of methoxy groups -OCH3 is 2. The molecule has 2 aromatic carbocycles. The quantitative estimate of drug-likeness (QED) is 0.454. The number of likely N-dealkylation sites (tertiary alicyclic amines) is 1. The summed E-state index contributed by atoms with van der Waals surface area (Å²) in [5.74, 6) is 1.45. The molecule has 3 atom stereocenters. The van der Waals surface area contributed by atoms with Crippen LogP contribution in [0.15, 0.2) is 53.8 Å². The van der Waals surface area contributed by atoms with Crippen LogP contribution in [0.2, 0.25) is 0 Å². The number of ether oxygens (including phenoxy) is 2. The summed E-state index contributed by atoms with van der Waals surface area (Å²) in [4.78, 5) is 32.2. The van der Waals surface area contributed by atoms with E-state index in [0.717, 1.165) is 53.4 Å². The van der Waals surface area contributed by atoms with E-state index in [2.05, 4.69) is 4.98 Å². The van der Waals surface area contributed by atoms with E-state index in [-0.39, 0.29) is 29.7 Å². The van der Waals surface area contributed by atoms with Crippen LogP contribution in [0, 0.1) is 11.8 Å². The molecule has 1 saturated carbocycles. The third-order valence-corrected chi connectivity index (χ3v) is 9.11. The number of hydrazone groups is 1. The fourth-order valence-electron chi connectivity index (χ4n) is 6.88. The molecule has 2 aliphatic heterocycles. The highest BCUT2D eigenvalue weighted by molar-refractivity contribution is 6.07. The molecule has 3 heterocycles. The molecule has 3 N–H and O–H groups in total. The van der Waals surface area contributed by atoms with Crippen molar-refractivity contribution < 1.29 is 19.1 Å². The van der Waals surface area contributed by atoms with Crippen molar-refractivity contribution in [1.82, 2.24) is 14.9 Å². The van der Waals surface area contributed by atoms with Gasteiger partial charge in [-0.2, -0.15) is 5.10 Å². The monoisotopic (exact) mass is 557 g/mol. The Bertz CT molecular complexity index is 1460. The van der Waals surface area contributed by atoms with Gasteiger partial charge in [0.2, 0.25) is 11.8 Å². The first-order valence-electron chi connectivity index (χ1n) is 14.7. The second kappa shape index (κ2) is 11.6. The molecular weight excluding hydrogens is 518 g/mol. The molecule has 3 aromatic rings. The zero-order chi connectivity index (χ0) is 28.5. The second-order valence-electron chi connectivity index (χ2n) is 11.5. The molecule has 1 aliphatic carbocycles. The Morgan fingerprint density at radius 3 is 2.51 bits per heavy atom. The number of amides is 2. The molecule has 2 amide bonds. The molecule has 3 aliphatic rings. The van der Waals surface area contributed by atoms with Gasteiger partial charge in [-0.25, -0.2) is 5.01 Å². The van der Waals surface area contributed by atoms with Crippen molar-refractivity contribution in [3.63, 3.8) is 0 Å². The molecule has 0 unspecified atom stereocenters. The van der Waals surface area contributed by atoms with Crippen LogP contribution in [0.1, 0.15) is 49.7 Å². The summed E-state index contributed by atoms with van der Waals surface area (Å²) in [6.45, 7) is 1.12. The predicted octanol–water partition coefficient (Wildman–Crippen LogP) is 4.10. The standard InChI is InChI=1S/C32H39N5O4/c1-40-28-12-11-20(18-29(28)41-2)30-24-8-3-4-9-25(24)31(38)37(35-30)22-13-15-36(16-14-22)32(39)26(33)17-21-19-34-27-10-6-5-7-23(21)27/h5-7,10-12,18-19,22,24-26,34H,3-4,8-9,13-17,33H2,1-2H3/t24-,25+,26-/m1/s1. The van der Waals surface area contributed by atoms with Gasteiger partial charge in [-0.05, 0) is 61.9 Å². The summed E-state index contributed by atoms with van der Waals surface area (Å²) in [5, 5.41) is 7.87. The van der Waals surface area contributed by atoms with Crippen molar-refractivity contribution in [3.05, 3.63) is 59.8 Å². The van der Waals surface area contributed by atoms with Gasteiger partial charge in [-0.1, -0.05) is 31.0 Å². The molecule has 0 radical (unpaired) electrons. The highest BCUT2D eigenvalue weighted by atomic mass is 16.5. The Labute approximate surface area is 240 Å². The molecule has 9 nitrogen and oxygen atoms in total. The summed E-state index contributed by atoms with van der Waals surface area (Å²) in [7, 11) is 3.25. The van der Waals surface area contributed by atoms with Gasteiger partial charge in [0.1, 0.15) is 0 Å². The molecule has 2 fully saturated rings. The number of rotatable bonds is 7. The predicted molar refractivity (Wildman–Crippen MR) is 158 cm³/mol. The molecule has 9 heteroatoms.